The Bertz CT molecular complexity index is 543. The average Bonchev–Trinajstić information content (AvgIpc) is 2.06. The zero-order valence-electron chi connectivity index (χ0n) is 8.12. The predicted octanol–water partition coefficient (Wildman–Crippen LogP) is 1.92. The summed E-state index contributed by atoms with van der Waals surface area (Å²) in [5.74, 6) is -1.85. The first-order valence-corrected chi connectivity index (χ1v) is 6.22. The molecule has 0 atom stereocenters. The van der Waals surface area contributed by atoms with Gasteiger partial charge in [-0.05, 0) is 6.92 Å². The number of aromatic nitrogens is 1. The number of pyridine rings is 1. The van der Waals surface area contributed by atoms with Gasteiger partial charge in [-0.2, -0.15) is 0 Å². The first-order chi connectivity index (χ1) is 7.52. The number of aromatic hydroxyl groups is 1. The van der Waals surface area contributed by atoms with Crippen LogP contribution >= 0.6 is 10.7 Å². The van der Waals surface area contributed by atoms with E-state index in [1.165, 1.54) is 0 Å². The Morgan fingerprint density at radius 3 is 2.41 bits per heavy atom. The number of hydrogen-bond acceptors (Lipinski definition) is 5. The molecule has 0 saturated heterocycles. The number of nitrogens with zero attached hydrogens (tertiary/aromatic N) is 1. The SMILES string of the molecule is Cc1c(O)cnc(OC(F)(F)F)c1S(=O)(=O)Cl. The lowest BCUT2D eigenvalue weighted by molar-refractivity contribution is -0.277. The fourth-order valence-corrected chi connectivity index (χ4v) is 2.34. The van der Waals surface area contributed by atoms with Crippen molar-refractivity contribution in [3.63, 3.8) is 0 Å². The van der Waals surface area contributed by atoms with E-state index in [1.807, 2.05) is 0 Å². The van der Waals surface area contributed by atoms with E-state index in [1.54, 1.807) is 0 Å². The third-order valence-electron chi connectivity index (χ3n) is 1.68. The molecule has 17 heavy (non-hydrogen) atoms. The van der Waals surface area contributed by atoms with Crippen LogP contribution in [0.1, 0.15) is 5.56 Å². The Labute approximate surface area is 98.2 Å². The maximum Gasteiger partial charge on any atom is 0.574 e. The second kappa shape index (κ2) is 4.22. The zero-order chi connectivity index (χ0) is 13.4. The molecule has 0 aromatic carbocycles. The maximum absolute atomic E-state index is 12.0. The lowest BCUT2D eigenvalue weighted by atomic mass is 10.3. The second-order valence-electron chi connectivity index (χ2n) is 2.89. The van der Waals surface area contributed by atoms with Crippen molar-refractivity contribution < 1.29 is 31.4 Å². The minimum Gasteiger partial charge on any atom is -0.506 e. The molecule has 96 valence electrons. The average molecular weight is 292 g/mol. The number of alkyl halides is 3. The fraction of sp³-hybridized carbons (Fsp3) is 0.286. The molecule has 0 fully saturated rings. The molecule has 0 unspecified atom stereocenters. The van der Waals surface area contributed by atoms with Crippen molar-refractivity contribution in [3.8, 4) is 11.6 Å². The molecule has 0 bridgehead atoms. The van der Waals surface area contributed by atoms with Gasteiger partial charge < -0.3 is 9.84 Å². The standard InChI is InChI=1S/C7H5ClF3NO4S/c1-3-4(13)2-12-6(16-7(9,10)11)5(3)17(8,14)15/h2,13H,1H3. The number of halogens is 4. The Kier molecular flexibility index (Phi) is 3.44. The normalized spacial score (nSPS) is 12.5. The quantitative estimate of drug-likeness (QED) is 0.843. The summed E-state index contributed by atoms with van der Waals surface area (Å²) < 4.78 is 61.5. The second-order valence-corrected chi connectivity index (χ2v) is 5.39. The molecule has 5 nitrogen and oxygen atoms in total. The van der Waals surface area contributed by atoms with Gasteiger partial charge in [0.2, 0.25) is 5.88 Å². The van der Waals surface area contributed by atoms with Gasteiger partial charge in [-0.15, -0.1) is 13.2 Å². The highest BCUT2D eigenvalue weighted by Crippen LogP contribution is 2.35. The molecule has 0 spiro atoms. The van der Waals surface area contributed by atoms with Crippen LogP contribution in [0.15, 0.2) is 11.1 Å². The van der Waals surface area contributed by atoms with Crippen molar-refractivity contribution >= 4 is 19.7 Å². The third-order valence-corrected chi connectivity index (χ3v) is 3.11. The van der Waals surface area contributed by atoms with Gasteiger partial charge in [0.15, 0.2) is 4.90 Å². The highest BCUT2D eigenvalue weighted by Gasteiger charge is 2.36. The van der Waals surface area contributed by atoms with Crippen LogP contribution in [-0.4, -0.2) is 24.9 Å². The number of ether oxygens (including phenoxy) is 1. The van der Waals surface area contributed by atoms with Crippen LogP contribution in [-0.2, 0) is 9.05 Å². The van der Waals surface area contributed by atoms with Gasteiger partial charge in [-0.3, -0.25) is 0 Å². The summed E-state index contributed by atoms with van der Waals surface area (Å²) in [5.41, 5.74) is -0.380. The van der Waals surface area contributed by atoms with Gasteiger partial charge >= 0.3 is 6.36 Å². The molecule has 1 heterocycles. The molecule has 1 N–H and O–H groups in total. The van der Waals surface area contributed by atoms with E-state index in [4.69, 9.17) is 15.8 Å². The van der Waals surface area contributed by atoms with Gasteiger partial charge in [-0.1, -0.05) is 0 Å². The van der Waals surface area contributed by atoms with Gasteiger partial charge in [-0.25, -0.2) is 13.4 Å². The number of rotatable bonds is 2. The maximum atomic E-state index is 12.0. The van der Waals surface area contributed by atoms with E-state index >= 15 is 0 Å². The van der Waals surface area contributed by atoms with Crippen LogP contribution in [0.25, 0.3) is 0 Å². The Hall–Kier alpha value is -1.22. The largest absolute Gasteiger partial charge is 0.574 e. The fourth-order valence-electron chi connectivity index (χ4n) is 1.02. The van der Waals surface area contributed by atoms with E-state index in [2.05, 4.69) is 9.72 Å². The summed E-state index contributed by atoms with van der Waals surface area (Å²) in [6, 6.07) is 0. The molecule has 1 aromatic rings. The predicted molar refractivity (Wildman–Crippen MR) is 50.4 cm³/mol. The monoisotopic (exact) mass is 291 g/mol. The molecule has 0 saturated carbocycles. The Morgan fingerprint density at radius 2 is 2.00 bits per heavy atom. The van der Waals surface area contributed by atoms with E-state index in [9.17, 15) is 21.6 Å². The number of hydrogen-bond donors (Lipinski definition) is 1. The Morgan fingerprint density at radius 1 is 1.47 bits per heavy atom. The third kappa shape index (κ3) is 3.37. The highest BCUT2D eigenvalue weighted by molar-refractivity contribution is 8.13. The van der Waals surface area contributed by atoms with Crippen molar-refractivity contribution in [1.82, 2.24) is 4.98 Å². The van der Waals surface area contributed by atoms with Crippen LogP contribution in [0.4, 0.5) is 13.2 Å². The molecule has 0 aliphatic rings. The van der Waals surface area contributed by atoms with Crippen LogP contribution in [0.3, 0.4) is 0 Å². The molecular formula is C7H5ClF3NO4S. The molecule has 0 aliphatic carbocycles. The van der Waals surface area contributed by atoms with Gasteiger partial charge in [0.1, 0.15) is 5.75 Å². The van der Waals surface area contributed by atoms with Gasteiger partial charge in [0.25, 0.3) is 9.05 Å². The van der Waals surface area contributed by atoms with E-state index in [0.29, 0.717) is 6.20 Å². The summed E-state index contributed by atoms with van der Waals surface area (Å²) in [6.45, 7) is 1.06. The molecule has 1 rings (SSSR count). The first kappa shape index (κ1) is 13.8. The zero-order valence-corrected chi connectivity index (χ0v) is 9.69. The van der Waals surface area contributed by atoms with Gasteiger partial charge in [0.05, 0.1) is 6.20 Å². The molecular weight excluding hydrogens is 287 g/mol. The summed E-state index contributed by atoms with van der Waals surface area (Å²) in [6.07, 6.45) is -4.49. The highest BCUT2D eigenvalue weighted by atomic mass is 35.7. The van der Waals surface area contributed by atoms with Crippen LogP contribution in [0.5, 0.6) is 11.6 Å². The van der Waals surface area contributed by atoms with Crippen LogP contribution < -0.4 is 4.74 Å². The topological polar surface area (TPSA) is 76.5 Å². The van der Waals surface area contributed by atoms with E-state index < -0.39 is 31.9 Å². The van der Waals surface area contributed by atoms with Crippen molar-refractivity contribution in [2.75, 3.05) is 0 Å². The Balaban J connectivity index is 3.47. The lowest BCUT2D eigenvalue weighted by Crippen LogP contribution is -2.19. The summed E-state index contributed by atoms with van der Waals surface area (Å²) in [5, 5.41) is 9.16. The summed E-state index contributed by atoms with van der Waals surface area (Å²) in [7, 11) is 0.409. The smallest absolute Gasteiger partial charge is 0.506 e. The van der Waals surface area contributed by atoms with E-state index in [0.717, 1.165) is 6.92 Å². The van der Waals surface area contributed by atoms with E-state index in [-0.39, 0.29) is 5.56 Å². The van der Waals surface area contributed by atoms with Crippen molar-refractivity contribution in [2.24, 2.45) is 0 Å². The minimum atomic E-state index is -5.12. The van der Waals surface area contributed by atoms with Crippen molar-refractivity contribution in [1.29, 1.82) is 0 Å². The first-order valence-electron chi connectivity index (χ1n) is 3.91. The summed E-state index contributed by atoms with van der Waals surface area (Å²) in [4.78, 5) is 2.02. The summed E-state index contributed by atoms with van der Waals surface area (Å²) >= 11 is 0. The molecule has 10 heteroatoms. The molecule has 1 aromatic heterocycles. The molecule has 0 radical (unpaired) electrons. The van der Waals surface area contributed by atoms with Crippen molar-refractivity contribution in [3.05, 3.63) is 11.8 Å². The van der Waals surface area contributed by atoms with Crippen LogP contribution in [0.2, 0.25) is 0 Å². The molecule has 0 amide bonds. The lowest BCUT2D eigenvalue weighted by Gasteiger charge is -2.12. The minimum absolute atomic E-state index is 0.380. The van der Waals surface area contributed by atoms with Crippen LogP contribution in [0, 0.1) is 6.92 Å². The molecule has 0 aliphatic heterocycles. The van der Waals surface area contributed by atoms with Gasteiger partial charge in [0, 0.05) is 16.2 Å². The van der Waals surface area contributed by atoms with Crippen molar-refractivity contribution in [2.45, 2.75) is 18.2 Å².